The number of hydrogen-bond donors (Lipinski definition) is 1. The summed E-state index contributed by atoms with van der Waals surface area (Å²) in [6.07, 6.45) is 0. The lowest BCUT2D eigenvalue weighted by atomic mass is 9.96. The maximum absolute atomic E-state index is 13.7. The Morgan fingerprint density at radius 2 is 1.86 bits per heavy atom. The van der Waals surface area contributed by atoms with Crippen molar-refractivity contribution in [2.45, 2.75) is 6.92 Å². The molecular weight excluding hydrogens is 275 g/mol. The Bertz CT molecular complexity index is 722. The van der Waals surface area contributed by atoms with Crippen LogP contribution in [-0.2, 0) is 4.74 Å². The number of rotatable bonds is 3. The van der Waals surface area contributed by atoms with Crippen molar-refractivity contribution in [3.05, 3.63) is 58.9 Å². The smallest absolute Gasteiger partial charge is 0.337 e. The third-order valence-corrected chi connectivity index (χ3v) is 3.04. The lowest BCUT2D eigenvalue weighted by molar-refractivity contribution is 0.0599. The van der Waals surface area contributed by atoms with Crippen molar-refractivity contribution in [2.24, 2.45) is 0 Å². The number of carbonyl (C=O) groups is 2. The number of carboxylic acids is 1. The number of hydrogen-bond acceptors (Lipinski definition) is 3. The van der Waals surface area contributed by atoms with Crippen LogP contribution < -0.4 is 0 Å². The van der Waals surface area contributed by atoms with Gasteiger partial charge in [0, 0.05) is 0 Å². The van der Waals surface area contributed by atoms with Crippen LogP contribution in [0.4, 0.5) is 4.39 Å². The van der Waals surface area contributed by atoms with Crippen LogP contribution in [0.3, 0.4) is 0 Å². The van der Waals surface area contributed by atoms with Gasteiger partial charge in [-0.3, -0.25) is 0 Å². The van der Waals surface area contributed by atoms with Crippen LogP contribution in [0.1, 0.15) is 26.3 Å². The number of halogens is 1. The van der Waals surface area contributed by atoms with Crippen molar-refractivity contribution in [3.63, 3.8) is 0 Å². The minimum Gasteiger partial charge on any atom is -0.478 e. The Kier molecular flexibility index (Phi) is 4.03. The first kappa shape index (κ1) is 14.7. The molecule has 0 aliphatic rings. The topological polar surface area (TPSA) is 63.6 Å². The van der Waals surface area contributed by atoms with E-state index >= 15 is 0 Å². The monoisotopic (exact) mass is 288 g/mol. The number of aryl methyl sites for hydroxylation is 1. The Labute approximate surface area is 120 Å². The van der Waals surface area contributed by atoms with Crippen molar-refractivity contribution in [1.29, 1.82) is 0 Å². The molecule has 0 heterocycles. The zero-order valence-corrected chi connectivity index (χ0v) is 11.5. The van der Waals surface area contributed by atoms with E-state index in [4.69, 9.17) is 0 Å². The highest BCUT2D eigenvalue weighted by Gasteiger charge is 2.15. The largest absolute Gasteiger partial charge is 0.478 e. The summed E-state index contributed by atoms with van der Waals surface area (Å²) in [5.41, 5.74) is 1.52. The molecule has 0 aliphatic carbocycles. The number of methoxy groups -OCH3 is 1. The molecular formula is C16H13FO4. The highest BCUT2D eigenvalue weighted by molar-refractivity contribution is 5.97. The van der Waals surface area contributed by atoms with Crippen LogP contribution in [0.25, 0.3) is 11.1 Å². The maximum Gasteiger partial charge on any atom is 0.337 e. The second-order valence-corrected chi connectivity index (χ2v) is 4.57. The number of ether oxygens (including phenoxy) is 1. The summed E-state index contributed by atoms with van der Waals surface area (Å²) < 4.78 is 18.2. The SMILES string of the molecule is COC(=O)c1cc(F)cc(-c2ccc(C)cc2C(=O)O)c1. The quantitative estimate of drug-likeness (QED) is 0.880. The van der Waals surface area contributed by atoms with Gasteiger partial charge in [-0.2, -0.15) is 0 Å². The first-order valence-electron chi connectivity index (χ1n) is 6.15. The lowest BCUT2D eigenvalue weighted by Crippen LogP contribution is -2.04. The van der Waals surface area contributed by atoms with Gasteiger partial charge in [0.1, 0.15) is 5.82 Å². The molecule has 0 aliphatic heterocycles. The summed E-state index contributed by atoms with van der Waals surface area (Å²) in [6, 6.07) is 8.46. The van der Waals surface area contributed by atoms with E-state index < -0.39 is 17.8 Å². The summed E-state index contributed by atoms with van der Waals surface area (Å²) in [6.45, 7) is 1.77. The van der Waals surface area contributed by atoms with Gasteiger partial charge in [0.05, 0.1) is 18.2 Å². The number of benzene rings is 2. The lowest BCUT2D eigenvalue weighted by Gasteiger charge is -2.09. The van der Waals surface area contributed by atoms with E-state index in [0.29, 0.717) is 11.1 Å². The molecule has 0 atom stereocenters. The van der Waals surface area contributed by atoms with Gasteiger partial charge in [0.25, 0.3) is 0 Å². The third kappa shape index (κ3) is 3.08. The van der Waals surface area contributed by atoms with Crippen LogP contribution in [-0.4, -0.2) is 24.2 Å². The summed E-state index contributed by atoms with van der Waals surface area (Å²) in [5, 5.41) is 9.26. The van der Waals surface area contributed by atoms with Gasteiger partial charge in [-0.15, -0.1) is 0 Å². The molecule has 0 amide bonds. The summed E-state index contributed by atoms with van der Waals surface area (Å²) in [4.78, 5) is 22.8. The van der Waals surface area contributed by atoms with Crippen LogP contribution in [0.2, 0.25) is 0 Å². The minimum absolute atomic E-state index is 0.0319. The zero-order chi connectivity index (χ0) is 15.6. The van der Waals surface area contributed by atoms with Gasteiger partial charge in [0.15, 0.2) is 0 Å². The van der Waals surface area contributed by atoms with E-state index in [1.54, 1.807) is 19.1 Å². The molecule has 2 rings (SSSR count). The van der Waals surface area contributed by atoms with Gasteiger partial charge in [-0.05, 0) is 42.3 Å². The van der Waals surface area contributed by atoms with Crippen LogP contribution in [0, 0.1) is 12.7 Å². The third-order valence-electron chi connectivity index (χ3n) is 3.04. The molecule has 0 fully saturated rings. The summed E-state index contributed by atoms with van der Waals surface area (Å²) in [5.74, 6) is -2.43. The molecule has 4 nitrogen and oxygen atoms in total. The Balaban J connectivity index is 2.64. The molecule has 0 saturated carbocycles. The number of carboxylic acid groups (broad SMARTS) is 1. The molecule has 2 aromatic carbocycles. The van der Waals surface area contributed by atoms with E-state index in [0.717, 1.165) is 11.6 Å². The Hall–Kier alpha value is -2.69. The normalized spacial score (nSPS) is 10.2. The van der Waals surface area contributed by atoms with Crippen molar-refractivity contribution in [3.8, 4) is 11.1 Å². The predicted molar refractivity (Wildman–Crippen MR) is 74.9 cm³/mol. The van der Waals surface area contributed by atoms with Crippen LogP contribution in [0.15, 0.2) is 36.4 Å². The molecule has 21 heavy (non-hydrogen) atoms. The van der Waals surface area contributed by atoms with E-state index in [1.807, 2.05) is 0 Å². The second kappa shape index (κ2) is 5.75. The molecule has 0 radical (unpaired) electrons. The van der Waals surface area contributed by atoms with Gasteiger partial charge in [-0.1, -0.05) is 17.7 Å². The van der Waals surface area contributed by atoms with Crippen molar-refractivity contribution >= 4 is 11.9 Å². The molecule has 0 spiro atoms. The average Bonchev–Trinajstić information content (AvgIpc) is 2.45. The minimum atomic E-state index is -1.11. The molecule has 0 saturated heterocycles. The molecule has 0 bridgehead atoms. The predicted octanol–water partition coefficient (Wildman–Crippen LogP) is 3.29. The fourth-order valence-electron chi connectivity index (χ4n) is 2.07. The van der Waals surface area contributed by atoms with E-state index in [-0.39, 0.29) is 11.1 Å². The van der Waals surface area contributed by atoms with Crippen LogP contribution >= 0.6 is 0 Å². The van der Waals surface area contributed by atoms with Gasteiger partial charge in [0.2, 0.25) is 0 Å². The highest BCUT2D eigenvalue weighted by atomic mass is 19.1. The molecule has 0 aromatic heterocycles. The standard InChI is InChI=1S/C16H13FO4/c1-9-3-4-13(14(5-9)15(18)19)10-6-11(16(20)21-2)8-12(17)7-10/h3-8H,1-2H3,(H,18,19). The number of carbonyl (C=O) groups excluding carboxylic acids is 1. The number of aromatic carboxylic acids is 1. The molecule has 2 aromatic rings. The summed E-state index contributed by atoms with van der Waals surface area (Å²) in [7, 11) is 1.20. The average molecular weight is 288 g/mol. The fraction of sp³-hybridized carbons (Fsp3) is 0.125. The molecule has 108 valence electrons. The number of esters is 1. The summed E-state index contributed by atoms with van der Waals surface area (Å²) >= 11 is 0. The Morgan fingerprint density at radius 3 is 2.48 bits per heavy atom. The fourth-order valence-corrected chi connectivity index (χ4v) is 2.07. The van der Waals surface area contributed by atoms with E-state index in [2.05, 4.69) is 4.74 Å². The van der Waals surface area contributed by atoms with Gasteiger partial charge >= 0.3 is 11.9 Å². The van der Waals surface area contributed by atoms with E-state index in [9.17, 15) is 19.1 Å². The second-order valence-electron chi connectivity index (χ2n) is 4.57. The first-order valence-corrected chi connectivity index (χ1v) is 6.15. The van der Waals surface area contributed by atoms with Gasteiger partial charge in [-0.25, -0.2) is 14.0 Å². The van der Waals surface area contributed by atoms with Gasteiger partial charge < -0.3 is 9.84 Å². The Morgan fingerprint density at radius 1 is 1.14 bits per heavy atom. The molecule has 5 heteroatoms. The van der Waals surface area contributed by atoms with E-state index in [1.165, 1.54) is 25.3 Å². The van der Waals surface area contributed by atoms with Crippen molar-refractivity contribution < 1.29 is 23.8 Å². The molecule has 1 N–H and O–H groups in total. The van der Waals surface area contributed by atoms with Crippen LogP contribution in [0.5, 0.6) is 0 Å². The first-order chi connectivity index (χ1) is 9.92. The molecule has 0 unspecified atom stereocenters. The van der Waals surface area contributed by atoms with Crippen molar-refractivity contribution in [1.82, 2.24) is 0 Å². The highest BCUT2D eigenvalue weighted by Crippen LogP contribution is 2.27. The zero-order valence-electron chi connectivity index (χ0n) is 11.5. The van der Waals surface area contributed by atoms with Crippen molar-refractivity contribution in [2.75, 3.05) is 7.11 Å². The maximum atomic E-state index is 13.7.